The number of pyridine rings is 1. The summed E-state index contributed by atoms with van der Waals surface area (Å²) in [5.41, 5.74) is 5.67. The number of aromatic nitrogens is 1. The van der Waals surface area contributed by atoms with E-state index in [0.717, 1.165) is 4.47 Å². The van der Waals surface area contributed by atoms with Gasteiger partial charge in [-0.2, -0.15) is 0 Å². The van der Waals surface area contributed by atoms with Gasteiger partial charge in [-0.15, -0.1) is 0 Å². The van der Waals surface area contributed by atoms with Crippen molar-refractivity contribution in [2.24, 2.45) is 0 Å². The third kappa shape index (κ3) is 3.04. The van der Waals surface area contributed by atoms with Crippen LogP contribution < -0.4 is 10.5 Å². The molecule has 0 unspecified atom stereocenters. The van der Waals surface area contributed by atoms with Crippen molar-refractivity contribution in [1.82, 2.24) is 4.98 Å². The van der Waals surface area contributed by atoms with E-state index >= 15 is 0 Å². The first-order valence-corrected chi connectivity index (χ1v) is 5.65. The Hall–Kier alpha value is -1.88. The standard InChI is InChI=1S/C12H9BrN2O2/c13-8-3-1-4-9(7-8)17-12(16)10-5-2-6-11(14)15-10/h1-7H,(H2,14,15). The van der Waals surface area contributed by atoms with Gasteiger partial charge in [0.05, 0.1) is 0 Å². The molecule has 0 spiro atoms. The Bertz CT molecular complexity index is 558. The molecule has 86 valence electrons. The van der Waals surface area contributed by atoms with Gasteiger partial charge < -0.3 is 10.5 Å². The minimum Gasteiger partial charge on any atom is -0.422 e. The van der Waals surface area contributed by atoms with Crippen LogP contribution in [0.5, 0.6) is 5.75 Å². The third-order valence-electron chi connectivity index (χ3n) is 1.99. The molecule has 2 N–H and O–H groups in total. The molecule has 0 aliphatic carbocycles. The summed E-state index contributed by atoms with van der Waals surface area (Å²) < 4.78 is 5.99. The zero-order chi connectivity index (χ0) is 12.3. The van der Waals surface area contributed by atoms with Gasteiger partial charge in [-0.05, 0) is 30.3 Å². The van der Waals surface area contributed by atoms with Crippen LogP contribution in [0.1, 0.15) is 10.5 Å². The highest BCUT2D eigenvalue weighted by Gasteiger charge is 2.10. The monoisotopic (exact) mass is 292 g/mol. The molecule has 2 rings (SSSR count). The number of halogens is 1. The Kier molecular flexibility index (Phi) is 3.39. The number of rotatable bonds is 2. The van der Waals surface area contributed by atoms with E-state index in [1.165, 1.54) is 0 Å². The number of nitrogen functional groups attached to an aromatic ring is 1. The van der Waals surface area contributed by atoms with Crippen LogP contribution in [0, 0.1) is 0 Å². The normalized spacial score (nSPS) is 9.94. The fraction of sp³-hybridized carbons (Fsp3) is 0. The van der Waals surface area contributed by atoms with Gasteiger partial charge >= 0.3 is 5.97 Å². The number of nitrogens with zero attached hydrogens (tertiary/aromatic N) is 1. The van der Waals surface area contributed by atoms with E-state index < -0.39 is 5.97 Å². The quantitative estimate of drug-likeness (QED) is 0.683. The zero-order valence-corrected chi connectivity index (χ0v) is 10.3. The summed E-state index contributed by atoms with van der Waals surface area (Å²) in [6, 6.07) is 11.8. The maximum Gasteiger partial charge on any atom is 0.362 e. The Morgan fingerprint density at radius 2 is 2.00 bits per heavy atom. The summed E-state index contributed by atoms with van der Waals surface area (Å²) in [5, 5.41) is 0. The maximum absolute atomic E-state index is 11.7. The van der Waals surface area contributed by atoms with Crippen molar-refractivity contribution in [3.05, 3.63) is 52.6 Å². The summed E-state index contributed by atoms with van der Waals surface area (Å²) in [5.74, 6) is 0.206. The summed E-state index contributed by atoms with van der Waals surface area (Å²) >= 11 is 3.29. The molecule has 0 atom stereocenters. The molecule has 1 heterocycles. The third-order valence-corrected chi connectivity index (χ3v) is 2.48. The smallest absolute Gasteiger partial charge is 0.362 e. The first kappa shape index (κ1) is 11.6. The lowest BCUT2D eigenvalue weighted by molar-refractivity contribution is 0.0728. The number of ether oxygens (including phenoxy) is 1. The fourth-order valence-electron chi connectivity index (χ4n) is 1.25. The van der Waals surface area contributed by atoms with Crippen LogP contribution in [0.15, 0.2) is 46.9 Å². The van der Waals surface area contributed by atoms with E-state index in [4.69, 9.17) is 10.5 Å². The minimum absolute atomic E-state index is 0.185. The lowest BCUT2D eigenvalue weighted by Gasteiger charge is -2.04. The molecule has 17 heavy (non-hydrogen) atoms. The van der Waals surface area contributed by atoms with Crippen LogP contribution in [0.25, 0.3) is 0 Å². The van der Waals surface area contributed by atoms with Gasteiger partial charge in [-0.3, -0.25) is 0 Å². The lowest BCUT2D eigenvalue weighted by Crippen LogP contribution is -2.11. The molecule has 0 radical (unpaired) electrons. The molecule has 0 fully saturated rings. The van der Waals surface area contributed by atoms with E-state index in [9.17, 15) is 4.79 Å². The summed E-state index contributed by atoms with van der Waals surface area (Å²) in [4.78, 5) is 15.6. The SMILES string of the molecule is Nc1cccc(C(=O)Oc2cccc(Br)c2)n1. The summed E-state index contributed by atoms with van der Waals surface area (Å²) in [7, 11) is 0. The van der Waals surface area contributed by atoms with Gasteiger partial charge in [0.25, 0.3) is 0 Å². The molecule has 0 aliphatic rings. The Labute approximate surface area is 107 Å². The first-order valence-electron chi connectivity index (χ1n) is 4.85. The molecule has 0 amide bonds. The van der Waals surface area contributed by atoms with Crippen LogP contribution in [0.4, 0.5) is 5.82 Å². The van der Waals surface area contributed by atoms with Crippen molar-refractivity contribution >= 4 is 27.7 Å². The van der Waals surface area contributed by atoms with Crippen molar-refractivity contribution in [3.63, 3.8) is 0 Å². The predicted octanol–water partition coefficient (Wildman–Crippen LogP) is 2.65. The number of esters is 1. The Balaban J connectivity index is 2.17. The van der Waals surface area contributed by atoms with Crippen LogP contribution in [-0.4, -0.2) is 11.0 Å². The topological polar surface area (TPSA) is 65.2 Å². The molecule has 4 nitrogen and oxygen atoms in total. The van der Waals surface area contributed by atoms with E-state index in [0.29, 0.717) is 5.75 Å². The molecular formula is C12H9BrN2O2. The number of hydrogen-bond donors (Lipinski definition) is 1. The van der Waals surface area contributed by atoms with E-state index in [1.807, 2.05) is 6.07 Å². The second-order valence-electron chi connectivity index (χ2n) is 3.29. The largest absolute Gasteiger partial charge is 0.422 e. The molecule has 0 saturated heterocycles. The van der Waals surface area contributed by atoms with Gasteiger partial charge in [-0.1, -0.05) is 28.1 Å². The molecule has 0 bridgehead atoms. The zero-order valence-electron chi connectivity index (χ0n) is 8.76. The highest BCUT2D eigenvalue weighted by molar-refractivity contribution is 9.10. The average molecular weight is 293 g/mol. The van der Waals surface area contributed by atoms with Gasteiger partial charge in [0.15, 0.2) is 5.69 Å². The number of anilines is 1. The predicted molar refractivity (Wildman–Crippen MR) is 67.7 cm³/mol. The summed E-state index contributed by atoms with van der Waals surface area (Å²) in [6.45, 7) is 0. The Morgan fingerprint density at radius 1 is 1.24 bits per heavy atom. The van der Waals surface area contributed by atoms with E-state index in [2.05, 4.69) is 20.9 Å². The molecule has 5 heteroatoms. The van der Waals surface area contributed by atoms with Crippen molar-refractivity contribution in [2.75, 3.05) is 5.73 Å². The van der Waals surface area contributed by atoms with Gasteiger partial charge in [-0.25, -0.2) is 9.78 Å². The molecule has 1 aromatic carbocycles. The molecular weight excluding hydrogens is 284 g/mol. The molecule has 2 aromatic rings. The molecule has 0 saturated carbocycles. The van der Waals surface area contributed by atoms with Crippen molar-refractivity contribution in [2.45, 2.75) is 0 Å². The van der Waals surface area contributed by atoms with Crippen molar-refractivity contribution in [1.29, 1.82) is 0 Å². The maximum atomic E-state index is 11.7. The van der Waals surface area contributed by atoms with Gasteiger partial charge in [0, 0.05) is 4.47 Å². The highest BCUT2D eigenvalue weighted by atomic mass is 79.9. The van der Waals surface area contributed by atoms with Gasteiger partial charge in [0.2, 0.25) is 0 Å². The van der Waals surface area contributed by atoms with Crippen LogP contribution in [-0.2, 0) is 0 Å². The second kappa shape index (κ2) is 4.97. The number of carbonyl (C=O) groups excluding carboxylic acids is 1. The highest BCUT2D eigenvalue weighted by Crippen LogP contribution is 2.18. The lowest BCUT2D eigenvalue weighted by atomic mass is 10.3. The number of hydrogen-bond acceptors (Lipinski definition) is 4. The number of carbonyl (C=O) groups is 1. The fourth-order valence-corrected chi connectivity index (χ4v) is 1.63. The van der Waals surface area contributed by atoms with Crippen LogP contribution in [0.2, 0.25) is 0 Å². The number of benzene rings is 1. The average Bonchev–Trinajstić information content (AvgIpc) is 2.29. The first-order chi connectivity index (χ1) is 8.15. The van der Waals surface area contributed by atoms with Crippen molar-refractivity contribution in [3.8, 4) is 5.75 Å². The van der Waals surface area contributed by atoms with Gasteiger partial charge in [0.1, 0.15) is 11.6 Å². The van der Waals surface area contributed by atoms with Crippen LogP contribution in [0.3, 0.4) is 0 Å². The second-order valence-corrected chi connectivity index (χ2v) is 4.21. The summed E-state index contributed by atoms with van der Waals surface area (Å²) in [6.07, 6.45) is 0. The van der Waals surface area contributed by atoms with E-state index in [1.54, 1.807) is 36.4 Å². The minimum atomic E-state index is -0.532. The molecule has 1 aromatic heterocycles. The molecule has 0 aliphatic heterocycles. The van der Waals surface area contributed by atoms with E-state index in [-0.39, 0.29) is 11.5 Å². The van der Waals surface area contributed by atoms with Crippen LogP contribution >= 0.6 is 15.9 Å². The Morgan fingerprint density at radius 3 is 2.71 bits per heavy atom. The number of nitrogens with two attached hydrogens (primary N) is 1. The van der Waals surface area contributed by atoms with Crippen molar-refractivity contribution < 1.29 is 9.53 Å².